The number of amides is 1. The van der Waals surface area contributed by atoms with Gasteiger partial charge in [-0.1, -0.05) is 30.3 Å². The first-order valence-electron chi connectivity index (χ1n) is 9.45. The average molecular weight is 420 g/mol. The number of rotatable bonds is 6. The van der Waals surface area contributed by atoms with Crippen molar-refractivity contribution in [3.05, 3.63) is 105 Å². The molecule has 8 heteroatoms. The number of non-ortho nitro benzene ring substituents is 1. The SMILES string of the molecule is O=C(C[C@@]1(O)C(=O)N(Cc2ccc([N+](=O)[O-])cc2)c2ccccc21)c1ccc(F)cc1. The van der Waals surface area contributed by atoms with Crippen molar-refractivity contribution in [2.75, 3.05) is 4.90 Å². The maximum absolute atomic E-state index is 13.2. The van der Waals surface area contributed by atoms with Gasteiger partial charge in [-0.2, -0.15) is 0 Å². The molecule has 0 aliphatic carbocycles. The van der Waals surface area contributed by atoms with E-state index in [0.29, 0.717) is 16.8 Å². The summed E-state index contributed by atoms with van der Waals surface area (Å²) in [6.45, 7) is 0.0703. The van der Waals surface area contributed by atoms with E-state index in [-0.39, 0.29) is 17.8 Å². The highest BCUT2D eigenvalue weighted by Gasteiger charge is 2.50. The molecule has 31 heavy (non-hydrogen) atoms. The van der Waals surface area contributed by atoms with E-state index in [1.54, 1.807) is 24.3 Å². The minimum Gasteiger partial charge on any atom is -0.375 e. The molecule has 1 atom stereocenters. The van der Waals surface area contributed by atoms with Gasteiger partial charge in [-0.15, -0.1) is 0 Å². The number of hydrogen-bond acceptors (Lipinski definition) is 5. The van der Waals surface area contributed by atoms with Gasteiger partial charge < -0.3 is 10.0 Å². The molecule has 1 aliphatic heterocycles. The average Bonchev–Trinajstić information content (AvgIpc) is 2.96. The largest absolute Gasteiger partial charge is 0.375 e. The standard InChI is InChI=1S/C23H17FN2O5/c24-17-9-7-16(8-10-17)21(27)13-23(29)19-3-1-2-4-20(19)25(22(23)28)14-15-5-11-18(12-6-15)26(30)31/h1-12,29H,13-14H2/t23-/m0/s1. The van der Waals surface area contributed by atoms with Crippen LogP contribution >= 0.6 is 0 Å². The maximum Gasteiger partial charge on any atom is 0.269 e. The lowest BCUT2D eigenvalue weighted by Crippen LogP contribution is -2.41. The van der Waals surface area contributed by atoms with Crippen LogP contribution < -0.4 is 4.90 Å². The van der Waals surface area contributed by atoms with E-state index in [1.807, 2.05) is 0 Å². The number of Topliss-reactive ketones (excluding diaryl/α,β-unsaturated/α-hetero) is 1. The fourth-order valence-electron chi connectivity index (χ4n) is 3.71. The smallest absolute Gasteiger partial charge is 0.269 e. The molecule has 0 fully saturated rings. The van der Waals surface area contributed by atoms with E-state index < -0.39 is 34.5 Å². The second-order valence-corrected chi connectivity index (χ2v) is 7.30. The summed E-state index contributed by atoms with van der Waals surface area (Å²) in [6.07, 6.45) is -0.495. The zero-order valence-electron chi connectivity index (χ0n) is 16.2. The predicted octanol–water partition coefficient (Wildman–Crippen LogP) is 3.74. The van der Waals surface area contributed by atoms with Gasteiger partial charge in [0.1, 0.15) is 5.82 Å². The third-order valence-corrected chi connectivity index (χ3v) is 5.31. The second-order valence-electron chi connectivity index (χ2n) is 7.30. The number of carbonyl (C=O) groups is 2. The van der Waals surface area contributed by atoms with Crippen molar-refractivity contribution in [3.63, 3.8) is 0 Å². The third kappa shape index (κ3) is 3.69. The lowest BCUT2D eigenvalue weighted by atomic mass is 9.88. The first kappa shape index (κ1) is 20.4. The van der Waals surface area contributed by atoms with E-state index in [1.165, 1.54) is 41.3 Å². The Bertz CT molecular complexity index is 1180. The Hall–Kier alpha value is -3.91. The van der Waals surface area contributed by atoms with Crippen molar-refractivity contribution in [1.82, 2.24) is 0 Å². The summed E-state index contributed by atoms with van der Waals surface area (Å²) in [5.74, 6) is -1.66. The van der Waals surface area contributed by atoms with Crippen molar-refractivity contribution in [2.45, 2.75) is 18.6 Å². The summed E-state index contributed by atoms with van der Waals surface area (Å²) < 4.78 is 13.2. The van der Waals surface area contributed by atoms with Crippen LogP contribution in [-0.4, -0.2) is 21.7 Å². The summed E-state index contributed by atoms with van der Waals surface area (Å²) in [6, 6.07) is 17.3. The van der Waals surface area contributed by atoms with Gasteiger partial charge in [-0.05, 0) is 35.9 Å². The number of nitro groups is 1. The molecule has 3 aromatic carbocycles. The first-order chi connectivity index (χ1) is 14.8. The quantitative estimate of drug-likeness (QED) is 0.372. The van der Waals surface area contributed by atoms with Gasteiger partial charge >= 0.3 is 0 Å². The highest BCUT2D eigenvalue weighted by atomic mass is 19.1. The highest BCUT2D eigenvalue weighted by molar-refractivity contribution is 6.10. The van der Waals surface area contributed by atoms with Crippen molar-refractivity contribution in [2.24, 2.45) is 0 Å². The van der Waals surface area contributed by atoms with Crippen LogP contribution in [0.25, 0.3) is 0 Å². The lowest BCUT2D eigenvalue weighted by Gasteiger charge is -2.23. The van der Waals surface area contributed by atoms with Gasteiger partial charge in [0, 0.05) is 23.3 Å². The molecule has 4 rings (SSSR count). The molecule has 0 unspecified atom stereocenters. The normalized spacial score (nSPS) is 17.5. The number of ketones is 1. The van der Waals surface area contributed by atoms with E-state index in [0.717, 1.165) is 12.1 Å². The molecule has 0 saturated carbocycles. The molecule has 1 heterocycles. The Labute approximate surface area is 176 Å². The van der Waals surface area contributed by atoms with Crippen molar-refractivity contribution >= 4 is 23.1 Å². The number of carbonyl (C=O) groups excluding carboxylic acids is 2. The molecule has 0 saturated heterocycles. The van der Waals surface area contributed by atoms with Crippen LogP contribution in [0.1, 0.15) is 27.9 Å². The molecule has 1 amide bonds. The molecule has 156 valence electrons. The fourth-order valence-corrected chi connectivity index (χ4v) is 3.71. The monoisotopic (exact) mass is 420 g/mol. The Balaban J connectivity index is 1.64. The van der Waals surface area contributed by atoms with E-state index in [4.69, 9.17) is 0 Å². The number of nitrogens with zero attached hydrogens (tertiary/aromatic N) is 2. The molecule has 0 aromatic heterocycles. The summed E-state index contributed by atoms with van der Waals surface area (Å²) in [7, 11) is 0. The molecule has 0 radical (unpaired) electrons. The Kier molecular flexibility index (Phi) is 5.08. The van der Waals surface area contributed by atoms with Crippen LogP contribution in [0.2, 0.25) is 0 Å². The molecule has 1 N–H and O–H groups in total. The number of anilines is 1. The van der Waals surface area contributed by atoms with Crippen LogP contribution in [0.5, 0.6) is 0 Å². The van der Waals surface area contributed by atoms with E-state index in [2.05, 4.69) is 0 Å². The van der Waals surface area contributed by atoms with Crippen molar-refractivity contribution in [3.8, 4) is 0 Å². The van der Waals surface area contributed by atoms with Crippen molar-refractivity contribution < 1.29 is 24.0 Å². The molecule has 7 nitrogen and oxygen atoms in total. The zero-order chi connectivity index (χ0) is 22.2. The Morgan fingerprint density at radius 3 is 2.32 bits per heavy atom. The minimum atomic E-state index is -2.07. The van der Waals surface area contributed by atoms with Crippen LogP contribution in [0, 0.1) is 15.9 Å². The summed E-state index contributed by atoms with van der Waals surface area (Å²) in [5, 5.41) is 22.1. The number of benzene rings is 3. The summed E-state index contributed by atoms with van der Waals surface area (Å²) in [4.78, 5) is 37.7. The number of halogens is 1. The Morgan fingerprint density at radius 2 is 1.68 bits per heavy atom. The van der Waals surface area contributed by atoms with E-state index in [9.17, 15) is 29.2 Å². The van der Waals surface area contributed by atoms with E-state index >= 15 is 0 Å². The maximum atomic E-state index is 13.2. The molecular weight excluding hydrogens is 403 g/mol. The molecule has 0 bridgehead atoms. The van der Waals surface area contributed by atoms with Crippen LogP contribution in [0.3, 0.4) is 0 Å². The van der Waals surface area contributed by atoms with Crippen LogP contribution in [0.15, 0.2) is 72.8 Å². The van der Waals surface area contributed by atoms with Crippen molar-refractivity contribution in [1.29, 1.82) is 0 Å². The number of nitro benzene ring substituents is 1. The molecule has 0 spiro atoms. The number of hydrogen-bond donors (Lipinski definition) is 1. The lowest BCUT2D eigenvalue weighted by molar-refractivity contribution is -0.384. The third-order valence-electron chi connectivity index (χ3n) is 5.31. The van der Waals surface area contributed by atoms with Crippen LogP contribution in [-0.2, 0) is 16.9 Å². The molecule has 3 aromatic rings. The topological polar surface area (TPSA) is 101 Å². The van der Waals surface area contributed by atoms with Gasteiger partial charge in [0.25, 0.3) is 11.6 Å². The second kappa shape index (κ2) is 7.73. The summed E-state index contributed by atoms with van der Waals surface area (Å²) >= 11 is 0. The minimum absolute atomic E-state index is 0.0703. The number of fused-ring (bicyclic) bond motifs is 1. The van der Waals surface area contributed by atoms with Gasteiger partial charge in [0.15, 0.2) is 11.4 Å². The van der Waals surface area contributed by atoms with Crippen LogP contribution in [0.4, 0.5) is 15.8 Å². The zero-order valence-corrected chi connectivity index (χ0v) is 16.2. The molecular formula is C23H17FN2O5. The number of aliphatic hydroxyl groups is 1. The Morgan fingerprint density at radius 1 is 1.03 bits per heavy atom. The first-order valence-corrected chi connectivity index (χ1v) is 9.45. The van der Waals surface area contributed by atoms with Gasteiger partial charge in [-0.25, -0.2) is 4.39 Å². The number of para-hydroxylation sites is 1. The molecule has 1 aliphatic rings. The predicted molar refractivity (Wildman–Crippen MR) is 110 cm³/mol. The van der Waals surface area contributed by atoms with Gasteiger partial charge in [0.2, 0.25) is 0 Å². The fraction of sp³-hybridized carbons (Fsp3) is 0.130. The van der Waals surface area contributed by atoms with Gasteiger partial charge in [0.05, 0.1) is 23.6 Å². The highest BCUT2D eigenvalue weighted by Crippen LogP contribution is 2.43. The summed E-state index contributed by atoms with van der Waals surface area (Å²) in [5.41, 5.74) is -0.559. The van der Waals surface area contributed by atoms with Gasteiger partial charge in [-0.3, -0.25) is 19.7 Å².